The van der Waals surface area contributed by atoms with Gasteiger partial charge in [-0.2, -0.15) is 5.10 Å². The van der Waals surface area contributed by atoms with Crippen LogP contribution < -0.4 is 5.69 Å². The Labute approximate surface area is 131 Å². The van der Waals surface area contributed by atoms with Crippen molar-refractivity contribution in [2.75, 3.05) is 0 Å². The number of imidazole rings is 1. The second-order valence-electron chi connectivity index (χ2n) is 4.82. The molecule has 0 aliphatic heterocycles. The molecule has 110 valence electrons. The summed E-state index contributed by atoms with van der Waals surface area (Å²) in [6, 6.07) is 5.35. The number of aromatic nitrogens is 4. The van der Waals surface area contributed by atoms with Crippen LogP contribution in [0.25, 0.3) is 11.0 Å². The highest BCUT2D eigenvalue weighted by Gasteiger charge is 2.14. The van der Waals surface area contributed by atoms with E-state index in [1.165, 1.54) is 0 Å². The van der Waals surface area contributed by atoms with Gasteiger partial charge >= 0.3 is 5.69 Å². The van der Waals surface area contributed by atoms with Crippen molar-refractivity contribution in [3.05, 3.63) is 50.6 Å². The van der Waals surface area contributed by atoms with Crippen LogP contribution in [0.1, 0.15) is 12.6 Å². The molecule has 2 heterocycles. The van der Waals surface area contributed by atoms with Crippen LogP contribution >= 0.6 is 23.2 Å². The van der Waals surface area contributed by atoms with Gasteiger partial charge in [-0.1, -0.05) is 23.2 Å². The van der Waals surface area contributed by atoms with Gasteiger partial charge in [-0.15, -0.1) is 0 Å². The third-order valence-corrected chi connectivity index (χ3v) is 4.33. The molecule has 0 saturated carbocycles. The number of benzene rings is 1. The van der Waals surface area contributed by atoms with Crippen molar-refractivity contribution in [1.29, 1.82) is 0 Å². The van der Waals surface area contributed by atoms with Gasteiger partial charge in [0.05, 0.1) is 33.3 Å². The van der Waals surface area contributed by atoms with E-state index < -0.39 is 0 Å². The van der Waals surface area contributed by atoms with Gasteiger partial charge in [-0.25, -0.2) is 4.79 Å². The normalized spacial score (nSPS) is 11.4. The van der Waals surface area contributed by atoms with E-state index in [0.717, 1.165) is 23.3 Å². The molecule has 0 radical (unpaired) electrons. The van der Waals surface area contributed by atoms with Crippen LogP contribution in [-0.4, -0.2) is 18.9 Å². The number of nitrogens with zero attached hydrogens (tertiary/aromatic N) is 4. The minimum Gasteiger partial charge on any atom is -0.295 e. The fourth-order valence-corrected chi connectivity index (χ4v) is 2.81. The topological polar surface area (TPSA) is 44.8 Å². The monoisotopic (exact) mass is 324 g/mol. The Bertz CT molecular complexity index is 875. The first-order valence-electron chi connectivity index (χ1n) is 6.58. The first-order chi connectivity index (χ1) is 10.0. The maximum absolute atomic E-state index is 12.4. The predicted molar refractivity (Wildman–Crippen MR) is 84.2 cm³/mol. The van der Waals surface area contributed by atoms with E-state index in [2.05, 4.69) is 5.10 Å². The van der Waals surface area contributed by atoms with Crippen LogP contribution in [0.3, 0.4) is 0 Å². The minimum absolute atomic E-state index is 0.104. The SMILES string of the molecule is CCn1nccc1Cn1c(=O)n(C)c2cc(Cl)c(Cl)cc21. The molecule has 5 nitrogen and oxygen atoms in total. The first kappa shape index (κ1) is 14.2. The quantitative estimate of drug-likeness (QED) is 0.743. The summed E-state index contributed by atoms with van der Waals surface area (Å²) < 4.78 is 5.12. The van der Waals surface area contributed by atoms with Gasteiger partial charge < -0.3 is 0 Å². The third-order valence-electron chi connectivity index (χ3n) is 3.61. The smallest absolute Gasteiger partial charge is 0.295 e. The molecule has 0 unspecified atom stereocenters. The van der Waals surface area contributed by atoms with Gasteiger partial charge in [-0.05, 0) is 25.1 Å². The third kappa shape index (κ3) is 2.26. The number of halogens is 2. The molecule has 21 heavy (non-hydrogen) atoms. The van der Waals surface area contributed by atoms with Crippen LogP contribution in [0.5, 0.6) is 0 Å². The fourth-order valence-electron chi connectivity index (χ4n) is 2.49. The second kappa shape index (κ2) is 5.24. The Morgan fingerprint density at radius 2 is 1.86 bits per heavy atom. The maximum atomic E-state index is 12.4. The second-order valence-corrected chi connectivity index (χ2v) is 5.64. The lowest BCUT2D eigenvalue weighted by Gasteiger charge is -2.06. The molecule has 1 aromatic carbocycles. The van der Waals surface area contributed by atoms with Crippen molar-refractivity contribution >= 4 is 34.2 Å². The summed E-state index contributed by atoms with van der Waals surface area (Å²) in [5, 5.41) is 5.10. The van der Waals surface area contributed by atoms with Crippen LogP contribution in [0.4, 0.5) is 0 Å². The Kier molecular flexibility index (Phi) is 3.55. The van der Waals surface area contributed by atoms with Gasteiger partial charge in [0.2, 0.25) is 0 Å². The van der Waals surface area contributed by atoms with E-state index in [1.807, 2.05) is 17.7 Å². The summed E-state index contributed by atoms with van der Waals surface area (Å²) in [6.07, 6.45) is 1.73. The fraction of sp³-hybridized carbons (Fsp3) is 0.286. The van der Waals surface area contributed by atoms with Crippen LogP contribution in [0, 0.1) is 0 Å². The zero-order chi connectivity index (χ0) is 15.1. The summed E-state index contributed by atoms with van der Waals surface area (Å²) in [4.78, 5) is 12.4. The molecule has 0 N–H and O–H groups in total. The Morgan fingerprint density at radius 1 is 1.19 bits per heavy atom. The molecule has 7 heteroatoms. The van der Waals surface area contributed by atoms with E-state index in [0.29, 0.717) is 16.6 Å². The van der Waals surface area contributed by atoms with Crippen molar-refractivity contribution in [3.8, 4) is 0 Å². The standard InChI is InChI=1S/C14H14Cl2N4O/c1-3-20-9(4-5-17-20)8-19-13-7-11(16)10(15)6-12(13)18(2)14(19)21/h4-7H,3,8H2,1-2H3. The molecule has 0 amide bonds. The molecule has 0 aliphatic carbocycles. The van der Waals surface area contributed by atoms with Gasteiger partial charge in [0.25, 0.3) is 0 Å². The zero-order valence-electron chi connectivity index (χ0n) is 11.7. The van der Waals surface area contributed by atoms with E-state index in [-0.39, 0.29) is 5.69 Å². The van der Waals surface area contributed by atoms with Crippen molar-refractivity contribution in [2.24, 2.45) is 7.05 Å². The molecule has 3 aromatic rings. The highest BCUT2D eigenvalue weighted by atomic mass is 35.5. The molecule has 0 aliphatic rings. The summed E-state index contributed by atoms with van der Waals surface area (Å²) in [5.41, 5.74) is 2.39. The summed E-state index contributed by atoms with van der Waals surface area (Å²) in [6.45, 7) is 3.22. The predicted octanol–water partition coefficient (Wildman–Crippen LogP) is 2.91. The van der Waals surface area contributed by atoms with Crippen LogP contribution in [0.2, 0.25) is 10.0 Å². The highest BCUT2D eigenvalue weighted by Crippen LogP contribution is 2.27. The summed E-state index contributed by atoms with van der Waals surface area (Å²) in [7, 11) is 1.72. The lowest BCUT2D eigenvalue weighted by Crippen LogP contribution is -2.23. The summed E-state index contributed by atoms with van der Waals surface area (Å²) >= 11 is 12.1. The van der Waals surface area contributed by atoms with Crippen molar-refractivity contribution in [3.63, 3.8) is 0 Å². The van der Waals surface area contributed by atoms with Gasteiger partial charge in [-0.3, -0.25) is 13.8 Å². The molecular weight excluding hydrogens is 311 g/mol. The van der Waals surface area contributed by atoms with E-state index in [4.69, 9.17) is 23.2 Å². The largest absolute Gasteiger partial charge is 0.329 e. The Balaban J connectivity index is 2.21. The molecule has 0 fully saturated rings. The van der Waals surface area contributed by atoms with E-state index in [9.17, 15) is 4.79 Å². The number of aryl methyl sites for hydroxylation is 2. The van der Waals surface area contributed by atoms with Crippen LogP contribution in [0.15, 0.2) is 29.2 Å². The molecule has 0 atom stereocenters. The first-order valence-corrected chi connectivity index (χ1v) is 7.33. The Morgan fingerprint density at radius 3 is 2.52 bits per heavy atom. The average molecular weight is 325 g/mol. The van der Waals surface area contributed by atoms with Crippen molar-refractivity contribution in [1.82, 2.24) is 18.9 Å². The minimum atomic E-state index is -0.104. The van der Waals surface area contributed by atoms with Crippen LogP contribution in [-0.2, 0) is 20.1 Å². The molecule has 0 bridgehead atoms. The number of hydrogen-bond donors (Lipinski definition) is 0. The zero-order valence-corrected chi connectivity index (χ0v) is 13.2. The number of hydrogen-bond acceptors (Lipinski definition) is 2. The Hall–Kier alpha value is -1.72. The van der Waals surface area contributed by atoms with E-state index in [1.54, 1.807) is 34.5 Å². The molecular formula is C14H14Cl2N4O. The molecule has 2 aromatic heterocycles. The maximum Gasteiger partial charge on any atom is 0.329 e. The number of rotatable bonds is 3. The highest BCUT2D eigenvalue weighted by molar-refractivity contribution is 6.42. The lowest BCUT2D eigenvalue weighted by atomic mass is 10.3. The van der Waals surface area contributed by atoms with Crippen molar-refractivity contribution < 1.29 is 0 Å². The van der Waals surface area contributed by atoms with E-state index >= 15 is 0 Å². The molecule has 3 rings (SSSR count). The van der Waals surface area contributed by atoms with Crippen molar-refractivity contribution in [2.45, 2.75) is 20.0 Å². The average Bonchev–Trinajstić information content (AvgIpc) is 3.00. The number of fused-ring (bicyclic) bond motifs is 1. The summed E-state index contributed by atoms with van der Waals surface area (Å²) in [5.74, 6) is 0. The van der Waals surface area contributed by atoms with Gasteiger partial charge in [0.15, 0.2) is 0 Å². The molecule has 0 spiro atoms. The lowest BCUT2D eigenvalue weighted by molar-refractivity contribution is 0.596. The van der Waals surface area contributed by atoms with Gasteiger partial charge in [0.1, 0.15) is 0 Å². The van der Waals surface area contributed by atoms with Gasteiger partial charge in [0, 0.05) is 19.8 Å². The molecule has 0 saturated heterocycles.